The first kappa shape index (κ1) is 15.2. The van der Waals surface area contributed by atoms with Crippen LogP contribution in [0.25, 0.3) is 0 Å². The SMILES string of the molecule is O=C(NC1CCN(S(=O)(=O)C2CC2)CC1)[C@H]1C[C@@H]1c1ccco1. The second-order valence-corrected chi connectivity index (χ2v) is 9.10. The number of hydrogen-bond acceptors (Lipinski definition) is 4. The molecule has 1 aromatic heterocycles. The van der Waals surface area contributed by atoms with Gasteiger partial charge in [-0.1, -0.05) is 0 Å². The van der Waals surface area contributed by atoms with Gasteiger partial charge in [0.1, 0.15) is 5.76 Å². The van der Waals surface area contributed by atoms with E-state index in [1.54, 1.807) is 10.6 Å². The van der Waals surface area contributed by atoms with E-state index in [1.165, 1.54) is 0 Å². The van der Waals surface area contributed by atoms with E-state index < -0.39 is 10.0 Å². The van der Waals surface area contributed by atoms with Crippen LogP contribution >= 0.6 is 0 Å². The second kappa shape index (κ2) is 5.63. The van der Waals surface area contributed by atoms with Gasteiger partial charge >= 0.3 is 0 Å². The number of carbonyl (C=O) groups is 1. The summed E-state index contributed by atoms with van der Waals surface area (Å²) in [6.45, 7) is 1.05. The van der Waals surface area contributed by atoms with Gasteiger partial charge in [-0.3, -0.25) is 4.79 Å². The summed E-state index contributed by atoms with van der Waals surface area (Å²) in [6, 6.07) is 3.85. The van der Waals surface area contributed by atoms with Gasteiger partial charge in [-0.15, -0.1) is 0 Å². The molecule has 3 fully saturated rings. The van der Waals surface area contributed by atoms with Crippen molar-refractivity contribution in [2.45, 2.75) is 49.3 Å². The molecule has 2 heterocycles. The van der Waals surface area contributed by atoms with E-state index in [4.69, 9.17) is 4.42 Å². The summed E-state index contributed by atoms with van der Waals surface area (Å²) < 4.78 is 31.4. The molecule has 1 aromatic rings. The number of hydrogen-bond donors (Lipinski definition) is 1. The zero-order chi connectivity index (χ0) is 16.0. The summed E-state index contributed by atoms with van der Waals surface area (Å²) >= 11 is 0. The van der Waals surface area contributed by atoms with Crippen molar-refractivity contribution in [3.63, 3.8) is 0 Å². The number of nitrogens with zero attached hydrogens (tertiary/aromatic N) is 1. The van der Waals surface area contributed by atoms with E-state index in [9.17, 15) is 13.2 Å². The van der Waals surface area contributed by atoms with E-state index >= 15 is 0 Å². The average Bonchev–Trinajstić information content (AvgIpc) is 3.46. The third-order valence-corrected chi connectivity index (χ3v) is 7.54. The van der Waals surface area contributed by atoms with Gasteiger partial charge in [0.25, 0.3) is 0 Å². The lowest BCUT2D eigenvalue weighted by Gasteiger charge is -2.31. The lowest BCUT2D eigenvalue weighted by Crippen LogP contribution is -2.47. The minimum absolute atomic E-state index is 0.00868. The predicted octanol–water partition coefficient (Wildman–Crippen LogP) is 1.46. The van der Waals surface area contributed by atoms with Gasteiger partial charge < -0.3 is 9.73 Å². The molecule has 126 valence electrons. The third-order valence-electron chi connectivity index (χ3n) is 5.14. The Kier molecular flexibility index (Phi) is 3.72. The Morgan fingerprint density at radius 2 is 1.96 bits per heavy atom. The van der Waals surface area contributed by atoms with Gasteiger partial charge in [0.05, 0.1) is 11.5 Å². The summed E-state index contributed by atoms with van der Waals surface area (Å²) in [4.78, 5) is 12.3. The van der Waals surface area contributed by atoms with E-state index in [1.807, 2.05) is 12.1 Å². The van der Waals surface area contributed by atoms with Crippen LogP contribution in [-0.2, 0) is 14.8 Å². The highest BCUT2D eigenvalue weighted by molar-refractivity contribution is 7.90. The fraction of sp³-hybridized carbons (Fsp3) is 0.688. The number of amides is 1. The van der Waals surface area contributed by atoms with Crippen molar-refractivity contribution in [1.82, 2.24) is 9.62 Å². The maximum atomic E-state index is 12.3. The van der Waals surface area contributed by atoms with Crippen molar-refractivity contribution in [2.75, 3.05) is 13.1 Å². The van der Waals surface area contributed by atoms with Crippen LogP contribution in [0.3, 0.4) is 0 Å². The Balaban J connectivity index is 1.26. The molecule has 6 nitrogen and oxygen atoms in total. The summed E-state index contributed by atoms with van der Waals surface area (Å²) in [6.07, 6.45) is 5.49. The van der Waals surface area contributed by atoms with Gasteiger partial charge in [-0.25, -0.2) is 12.7 Å². The molecule has 2 saturated carbocycles. The van der Waals surface area contributed by atoms with Gasteiger partial charge in [0.2, 0.25) is 15.9 Å². The minimum Gasteiger partial charge on any atom is -0.469 e. The van der Waals surface area contributed by atoms with Crippen molar-refractivity contribution in [2.24, 2.45) is 5.92 Å². The molecule has 2 aliphatic carbocycles. The molecule has 0 spiro atoms. The topological polar surface area (TPSA) is 79.6 Å². The number of rotatable bonds is 5. The molecule has 0 unspecified atom stereocenters. The lowest BCUT2D eigenvalue weighted by atomic mass is 10.1. The van der Waals surface area contributed by atoms with Crippen LogP contribution in [0.15, 0.2) is 22.8 Å². The summed E-state index contributed by atoms with van der Waals surface area (Å²) in [5.74, 6) is 1.18. The highest BCUT2D eigenvalue weighted by atomic mass is 32.2. The van der Waals surface area contributed by atoms with Crippen molar-refractivity contribution in [3.8, 4) is 0 Å². The van der Waals surface area contributed by atoms with Crippen LogP contribution in [0.5, 0.6) is 0 Å². The van der Waals surface area contributed by atoms with E-state index in [0.29, 0.717) is 25.9 Å². The number of carbonyl (C=O) groups excluding carboxylic acids is 1. The first-order valence-corrected chi connectivity index (χ1v) is 9.89. The van der Waals surface area contributed by atoms with Crippen molar-refractivity contribution >= 4 is 15.9 Å². The third kappa shape index (κ3) is 3.04. The largest absolute Gasteiger partial charge is 0.469 e. The molecule has 1 N–H and O–H groups in total. The number of piperidine rings is 1. The highest BCUT2D eigenvalue weighted by Gasteiger charge is 2.46. The molecule has 0 aromatic carbocycles. The van der Waals surface area contributed by atoms with Crippen molar-refractivity contribution in [3.05, 3.63) is 24.2 Å². The molecule has 7 heteroatoms. The van der Waals surface area contributed by atoms with E-state index in [-0.39, 0.29) is 29.0 Å². The molecule has 23 heavy (non-hydrogen) atoms. The van der Waals surface area contributed by atoms with Crippen LogP contribution in [0.1, 0.15) is 43.8 Å². The molecule has 2 atom stereocenters. The van der Waals surface area contributed by atoms with E-state index in [0.717, 1.165) is 25.0 Å². The number of nitrogens with one attached hydrogen (secondary N) is 1. The van der Waals surface area contributed by atoms with E-state index in [2.05, 4.69) is 5.32 Å². The Morgan fingerprint density at radius 3 is 2.57 bits per heavy atom. The molecular formula is C16H22N2O4S. The first-order valence-electron chi connectivity index (χ1n) is 8.38. The fourth-order valence-electron chi connectivity index (χ4n) is 3.44. The number of sulfonamides is 1. The lowest BCUT2D eigenvalue weighted by molar-refractivity contribution is -0.123. The Morgan fingerprint density at radius 1 is 1.22 bits per heavy atom. The first-order chi connectivity index (χ1) is 11.1. The Hall–Kier alpha value is -1.34. The maximum Gasteiger partial charge on any atom is 0.224 e. The van der Waals surface area contributed by atoms with Crippen LogP contribution in [0, 0.1) is 5.92 Å². The molecule has 0 radical (unpaired) electrons. The molecule has 3 aliphatic rings. The Labute approximate surface area is 136 Å². The molecule has 0 bridgehead atoms. The zero-order valence-electron chi connectivity index (χ0n) is 13.0. The Bertz CT molecular complexity index is 673. The second-order valence-electron chi connectivity index (χ2n) is 6.89. The summed E-state index contributed by atoms with van der Waals surface area (Å²) in [5, 5.41) is 2.94. The molecule has 1 amide bonds. The summed E-state index contributed by atoms with van der Waals surface area (Å²) in [5.41, 5.74) is 0. The van der Waals surface area contributed by atoms with Gasteiger partial charge in [0.15, 0.2) is 0 Å². The predicted molar refractivity (Wildman–Crippen MR) is 84.2 cm³/mol. The average molecular weight is 338 g/mol. The zero-order valence-corrected chi connectivity index (χ0v) is 13.8. The summed E-state index contributed by atoms with van der Waals surface area (Å²) in [7, 11) is -3.07. The van der Waals surface area contributed by atoms with Crippen molar-refractivity contribution < 1.29 is 17.6 Å². The molecular weight excluding hydrogens is 316 g/mol. The smallest absolute Gasteiger partial charge is 0.224 e. The normalized spacial score (nSPS) is 29.4. The minimum atomic E-state index is -3.07. The van der Waals surface area contributed by atoms with Gasteiger partial charge in [-0.05, 0) is 44.2 Å². The number of furan rings is 1. The fourth-order valence-corrected chi connectivity index (χ4v) is 5.31. The van der Waals surface area contributed by atoms with Crippen LogP contribution < -0.4 is 5.32 Å². The van der Waals surface area contributed by atoms with Crippen molar-refractivity contribution in [1.29, 1.82) is 0 Å². The molecule has 1 saturated heterocycles. The molecule has 4 rings (SSSR count). The monoisotopic (exact) mass is 338 g/mol. The highest BCUT2D eigenvalue weighted by Crippen LogP contribution is 2.47. The van der Waals surface area contributed by atoms with Gasteiger partial charge in [-0.2, -0.15) is 0 Å². The van der Waals surface area contributed by atoms with Crippen LogP contribution in [0.4, 0.5) is 0 Å². The van der Waals surface area contributed by atoms with Gasteiger partial charge in [0, 0.05) is 31.0 Å². The standard InChI is InChI=1S/C16H22N2O4S/c19-16(14-10-13(14)15-2-1-9-22-15)17-11-5-7-18(8-6-11)23(20,21)12-3-4-12/h1-2,9,11-14H,3-8,10H2,(H,17,19)/t13-,14-/m0/s1. The maximum absolute atomic E-state index is 12.3. The van der Waals surface area contributed by atoms with Crippen LogP contribution in [-0.4, -0.2) is 43.0 Å². The molecule has 1 aliphatic heterocycles. The quantitative estimate of drug-likeness (QED) is 0.881. The van der Waals surface area contributed by atoms with Crippen LogP contribution in [0.2, 0.25) is 0 Å².